The van der Waals surface area contributed by atoms with E-state index in [9.17, 15) is 12.8 Å². The van der Waals surface area contributed by atoms with Gasteiger partial charge in [0.2, 0.25) is 10.0 Å². The molecule has 1 unspecified atom stereocenters. The average Bonchev–Trinajstić information content (AvgIpc) is 2.30. The summed E-state index contributed by atoms with van der Waals surface area (Å²) >= 11 is 5.73. The van der Waals surface area contributed by atoms with Crippen molar-refractivity contribution in [3.05, 3.63) is 29.0 Å². The zero-order valence-electron chi connectivity index (χ0n) is 9.86. The summed E-state index contributed by atoms with van der Waals surface area (Å²) in [6.45, 7) is 1.95. The first-order chi connectivity index (χ1) is 8.36. The highest BCUT2D eigenvalue weighted by Crippen LogP contribution is 2.22. The Morgan fingerprint density at radius 1 is 1.50 bits per heavy atom. The summed E-state index contributed by atoms with van der Waals surface area (Å²) in [4.78, 5) is -0.277. The number of halogens is 2. The van der Waals surface area contributed by atoms with Crippen LogP contribution in [0.5, 0.6) is 0 Å². The Morgan fingerprint density at radius 3 is 2.78 bits per heavy atom. The van der Waals surface area contributed by atoms with Crippen molar-refractivity contribution in [1.29, 1.82) is 0 Å². The van der Waals surface area contributed by atoms with E-state index in [0.717, 1.165) is 12.1 Å². The number of sulfonamides is 1. The lowest BCUT2D eigenvalue weighted by Gasteiger charge is -2.12. The first-order valence-corrected chi connectivity index (χ1v) is 7.28. The fourth-order valence-electron chi connectivity index (χ4n) is 1.34. The van der Waals surface area contributed by atoms with E-state index in [1.54, 1.807) is 6.92 Å². The van der Waals surface area contributed by atoms with Gasteiger partial charge < -0.3 is 5.11 Å². The van der Waals surface area contributed by atoms with Crippen LogP contribution in [0.25, 0.3) is 0 Å². The van der Waals surface area contributed by atoms with Crippen LogP contribution in [0, 0.1) is 11.7 Å². The quantitative estimate of drug-likeness (QED) is 0.840. The van der Waals surface area contributed by atoms with E-state index in [4.69, 9.17) is 16.7 Å². The van der Waals surface area contributed by atoms with Crippen molar-refractivity contribution in [2.75, 3.05) is 13.2 Å². The molecule has 1 atom stereocenters. The molecule has 4 nitrogen and oxygen atoms in total. The summed E-state index contributed by atoms with van der Waals surface area (Å²) in [5.41, 5.74) is 0. The van der Waals surface area contributed by atoms with Crippen LogP contribution in [-0.4, -0.2) is 26.7 Å². The molecule has 0 aliphatic carbocycles. The van der Waals surface area contributed by atoms with Gasteiger partial charge in [-0.25, -0.2) is 17.5 Å². The third kappa shape index (κ3) is 4.20. The SMILES string of the molecule is CC(CCO)CNS(=O)(=O)c1cc(F)ccc1Cl. The lowest BCUT2D eigenvalue weighted by atomic mass is 10.1. The van der Waals surface area contributed by atoms with Crippen LogP contribution >= 0.6 is 11.6 Å². The Kier molecular flexibility index (Phi) is 5.52. The van der Waals surface area contributed by atoms with Crippen LogP contribution < -0.4 is 4.72 Å². The summed E-state index contributed by atoms with van der Waals surface area (Å²) in [7, 11) is -3.83. The molecule has 0 aliphatic rings. The number of hydrogen-bond donors (Lipinski definition) is 2. The second kappa shape index (κ2) is 6.47. The highest BCUT2D eigenvalue weighted by atomic mass is 35.5. The summed E-state index contributed by atoms with van der Waals surface area (Å²) in [6.07, 6.45) is 0.486. The van der Waals surface area contributed by atoms with Crippen LogP contribution in [0.15, 0.2) is 23.1 Å². The van der Waals surface area contributed by atoms with Crippen molar-refractivity contribution < 1.29 is 17.9 Å². The van der Waals surface area contributed by atoms with Gasteiger partial charge in [0.15, 0.2) is 0 Å². The average molecular weight is 296 g/mol. The van der Waals surface area contributed by atoms with Gasteiger partial charge in [-0.15, -0.1) is 0 Å². The number of benzene rings is 1. The molecule has 0 aromatic heterocycles. The molecule has 1 aromatic rings. The van der Waals surface area contributed by atoms with Crippen LogP contribution in [0.1, 0.15) is 13.3 Å². The van der Waals surface area contributed by atoms with Crippen molar-refractivity contribution in [3.8, 4) is 0 Å². The van der Waals surface area contributed by atoms with Gasteiger partial charge in [0, 0.05) is 13.2 Å². The summed E-state index contributed by atoms with van der Waals surface area (Å²) in [6, 6.07) is 3.17. The Morgan fingerprint density at radius 2 is 2.17 bits per heavy atom. The largest absolute Gasteiger partial charge is 0.396 e. The van der Waals surface area contributed by atoms with Gasteiger partial charge >= 0.3 is 0 Å². The van der Waals surface area contributed by atoms with Gasteiger partial charge in [0.05, 0.1) is 5.02 Å². The molecule has 1 rings (SSSR count). The second-order valence-corrected chi connectivity index (χ2v) is 6.19. The summed E-state index contributed by atoms with van der Waals surface area (Å²) < 4.78 is 39.1. The van der Waals surface area contributed by atoms with Crippen LogP contribution in [0.2, 0.25) is 5.02 Å². The van der Waals surface area contributed by atoms with Gasteiger partial charge in [-0.3, -0.25) is 0 Å². The molecule has 18 heavy (non-hydrogen) atoms. The minimum atomic E-state index is -3.83. The molecular formula is C11H15ClFNO3S. The van der Waals surface area contributed by atoms with E-state index in [2.05, 4.69) is 4.72 Å². The molecule has 0 amide bonds. The van der Waals surface area contributed by atoms with E-state index in [0.29, 0.717) is 6.42 Å². The van der Waals surface area contributed by atoms with Crippen LogP contribution in [-0.2, 0) is 10.0 Å². The molecule has 0 radical (unpaired) electrons. The molecule has 0 bridgehead atoms. The lowest BCUT2D eigenvalue weighted by Crippen LogP contribution is -2.29. The van der Waals surface area contributed by atoms with Crippen molar-refractivity contribution in [2.45, 2.75) is 18.2 Å². The maximum atomic E-state index is 13.0. The molecule has 102 valence electrons. The predicted octanol–water partition coefficient (Wildman–Crippen LogP) is 1.78. The standard InChI is InChI=1S/C11H15ClFNO3S/c1-8(4-5-15)7-14-18(16,17)11-6-9(13)2-3-10(11)12/h2-3,6,8,14-15H,4-5,7H2,1H3. The number of nitrogens with one attached hydrogen (secondary N) is 1. The normalized spacial score (nSPS) is 13.6. The molecule has 0 aliphatic heterocycles. The van der Waals surface area contributed by atoms with E-state index in [1.165, 1.54) is 6.07 Å². The monoisotopic (exact) mass is 295 g/mol. The van der Waals surface area contributed by atoms with Gasteiger partial charge in [0.25, 0.3) is 0 Å². The molecule has 1 aromatic carbocycles. The second-order valence-electron chi connectivity index (χ2n) is 4.04. The predicted molar refractivity (Wildman–Crippen MR) is 67.5 cm³/mol. The Bertz CT molecular complexity index is 507. The Balaban J connectivity index is 2.83. The van der Waals surface area contributed by atoms with E-state index in [-0.39, 0.29) is 29.0 Å². The number of aliphatic hydroxyl groups is 1. The van der Waals surface area contributed by atoms with Gasteiger partial charge in [0.1, 0.15) is 10.7 Å². The first-order valence-electron chi connectivity index (χ1n) is 5.42. The van der Waals surface area contributed by atoms with Gasteiger partial charge in [-0.2, -0.15) is 0 Å². The van der Waals surface area contributed by atoms with Crippen molar-refractivity contribution in [1.82, 2.24) is 4.72 Å². The highest BCUT2D eigenvalue weighted by Gasteiger charge is 2.19. The number of aliphatic hydroxyl groups excluding tert-OH is 1. The fourth-order valence-corrected chi connectivity index (χ4v) is 3.01. The van der Waals surface area contributed by atoms with Gasteiger partial charge in [-0.05, 0) is 30.5 Å². The minimum absolute atomic E-state index is 0.0103. The smallest absolute Gasteiger partial charge is 0.242 e. The topological polar surface area (TPSA) is 66.4 Å². The molecule has 0 fully saturated rings. The Hall–Kier alpha value is -0.690. The third-order valence-electron chi connectivity index (χ3n) is 2.43. The lowest BCUT2D eigenvalue weighted by molar-refractivity contribution is 0.263. The molecule has 0 heterocycles. The minimum Gasteiger partial charge on any atom is -0.396 e. The zero-order valence-corrected chi connectivity index (χ0v) is 11.4. The summed E-state index contributed by atoms with van der Waals surface area (Å²) in [5.74, 6) is -0.680. The Labute approximate surface area is 111 Å². The zero-order chi connectivity index (χ0) is 13.8. The van der Waals surface area contributed by atoms with E-state index in [1.807, 2.05) is 0 Å². The van der Waals surface area contributed by atoms with Crippen molar-refractivity contribution in [3.63, 3.8) is 0 Å². The molecule has 2 N–H and O–H groups in total. The first kappa shape index (κ1) is 15.4. The maximum absolute atomic E-state index is 13.0. The van der Waals surface area contributed by atoms with Crippen LogP contribution in [0.4, 0.5) is 4.39 Å². The number of hydrogen-bond acceptors (Lipinski definition) is 3. The third-order valence-corrected chi connectivity index (χ3v) is 4.33. The molecule has 0 saturated carbocycles. The molecule has 0 spiro atoms. The van der Waals surface area contributed by atoms with Crippen molar-refractivity contribution in [2.24, 2.45) is 5.92 Å². The van der Waals surface area contributed by atoms with E-state index >= 15 is 0 Å². The van der Waals surface area contributed by atoms with Gasteiger partial charge in [-0.1, -0.05) is 18.5 Å². The molecule has 0 saturated heterocycles. The molecule has 7 heteroatoms. The number of rotatable bonds is 6. The summed E-state index contributed by atoms with van der Waals surface area (Å²) in [5, 5.41) is 8.69. The molecular weight excluding hydrogens is 281 g/mol. The highest BCUT2D eigenvalue weighted by molar-refractivity contribution is 7.89. The van der Waals surface area contributed by atoms with Crippen molar-refractivity contribution >= 4 is 21.6 Å². The maximum Gasteiger partial charge on any atom is 0.242 e. The van der Waals surface area contributed by atoms with E-state index < -0.39 is 15.8 Å². The fraction of sp³-hybridized carbons (Fsp3) is 0.455. The van der Waals surface area contributed by atoms with Crippen LogP contribution in [0.3, 0.4) is 0 Å².